The minimum Gasteiger partial charge on any atom is 1.00 e. The third kappa shape index (κ3) is 8.07. The molecule has 0 aromatic heterocycles. The van der Waals surface area contributed by atoms with Crippen molar-refractivity contribution in [3.8, 4) is 11.1 Å². The molecular weight excluding hydrogens is 558 g/mol. The van der Waals surface area contributed by atoms with Crippen LogP contribution in [0.25, 0.3) is 22.3 Å². The number of hydrogen-bond acceptors (Lipinski definition) is 3. The van der Waals surface area contributed by atoms with Gasteiger partial charge < -0.3 is 0 Å². The molecule has 0 fully saturated rings. The molecule has 3 aromatic carbocycles. The van der Waals surface area contributed by atoms with Gasteiger partial charge in [-0.25, -0.2) is 0 Å². The van der Waals surface area contributed by atoms with Gasteiger partial charge in [0.15, 0.2) is 0 Å². The Morgan fingerprint density at radius 1 is 1.12 bits per heavy atom. The van der Waals surface area contributed by atoms with Gasteiger partial charge in [-0.2, -0.15) is 0 Å². The van der Waals surface area contributed by atoms with Crippen LogP contribution in [0, 0.1) is 12.2 Å². The summed E-state index contributed by atoms with van der Waals surface area (Å²) >= 11 is 5.30. The van der Waals surface area contributed by atoms with Crippen LogP contribution in [-0.4, -0.2) is 16.9 Å². The summed E-state index contributed by atoms with van der Waals surface area (Å²) in [4.78, 5) is 12.1. The van der Waals surface area contributed by atoms with E-state index in [1.54, 1.807) is 10.1 Å². The number of nitrogens with zero attached hydrogens (tertiary/aromatic N) is 1. The van der Waals surface area contributed by atoms with Crippen LogP contribution in [0.1, 0.15) is 16.7 Å². The van der Waals surface area contributed by atoms with Crippen molar-refractivity contribution >= 4 is 27.2 Å². The largest absolute Gasteiger partial charge is 1.00 e. The second-order valence-corrected chi connectivity index (χ2v) is 9.43. The van der Waals surface area contributed by atoms with E-state index in [2.05, 4.69) is 12.2 Å². The van der Waals surface area contributed by atoms with Crippen LogP contribution in [0.5, 0.6) is 0 Å². The van der Waals surface area contributed by atoms with E-state index in [4.69, 9.17) is 26.8 Å². The molecule has 0 spiro atoms. The number of benzene rings is 3. The molecule has 0 aliphatic heterocycles. The number of ether oxygens (including phenoxy) is 2. The summed E-state index contributed by atoms with van der Waals surface area (Å²) in [6.07, 6.45) is 5.89. The number of hydrogen-bond donors (Lipinski definition) is 1. The molecule has 5 nitrogen and oxygen atoms in total. The number of esters is 1. The van der Waals surface area contributed by atoms with Crippen molar-refractivity contribution in [2.45, 2.75) is 6.61 Å². The van der Waals surface area contributed by atoms with E-state index in [0.717, 1.165) is 16.7 Å². The van der Waals surface area contributed by atoms with Crippen molar-refractivity contribution in [2.24, 2.45) is 5.73 Å². The van der Waals surface area contributed by atoms with Gasteiger partial charge in [0, 0.05) is 0 Å². The minimum absolute atomic E-state index is 0. The van der Waals surface area contributed by atoms with E-state index in [1.807, 2.05) is 66.7 Å². The van der Waals surface area contributed by atoms with Gasteiger partial charge in [-0.15, -0.1) is 0 Å². The van der Waals surface area contributed by atoms with Gasteiger partial charge in [-0.1, -0.05) is 0 Å². The van der Waals surface area contributed by atoms with Crippen LogP contribution in [0.15, 0.2) is 76.9 Å². The minimum atomic E-state index is -0.922. The standard InChI is InChI=1S/C26H20ClIN2O3.Li/c1-32-25(31)16-24(33-17-18-7-3-2-4-8-18)23-12-6-11-21(19-9-5-10-20(27)15-19)22(23)13-14-28-26(29)30;/h2-12,14-15H,17H2,1H3,(H2-,29,30);/q-4;+1. The van der Waals surface area contributed by atoms with Gasteiger partial charge in [0.2, 0.25) is 0 Å². The number of halogens is 2. The molecule has 0 saturated heterocycles. The summed E-state index contributed by atoms with van der Waals surface area (Å²) in [6.45, 7) is 0.231. The Balaban J connectivity index is 0.00000408. The van der Waals surface area contributed by atoms with Gasteiger partial charge in [0.1, 0.15) is 0 Å². The van der Waals surface area contributed by atoms with Crippen LogP contribution in [0.4, 0.5) is 0 Å². The van der Waals surface area contributed by atoms with Gasteiger partial charge in [-0.05, 0) is 0 Å². The van der Waals surface area contributed by atoms with Crippen LogP contribution in [0.2, 0.25) is 5.02 Å². The Bertz CT molecular complexity index is 1200. The SMILES string of the molecule is COC(=O)[C-]=C(OCc1ccccc1)c1cccc(-c2cccc(Cl)c2)c1[C-]=C[I-]C(=[N-])N.[Li+]. The Labute approximate surface area is 226 Å². The van der Waals surface area contributed by atoms with Crippen molar-refractivity contribution in [2.75, 3.05) is 7.11 Å². The van der Waals surface area contributed by atoms with Crippen LogP contribution < -0.4 is 45.8 Å². The molecule has 0 aliphatic rings. The van der Waals surface area contributed by atoms with E-state index >= 15 is 0 Å². The summed E-state index contributed by atoms with van der Waals surface area (Å²) in [5.74, 6) is -0.453. The van der Waals surface area contributed by atoms with Crippen LogP contribution in [-0.2, 0) is 20.9 Å². The average molecular weight is 578 g/mol. The topological polar surface area (TPSA) is 83.8 Å². The molecule has 0 saturated carbocycles. The van der Waals surface area contributed by atoms with E-state index in [-0.39, 0.29) is 35.1 Å². The number of amidine groups is 1. The molecule has 0 unspecified atom stereocenters. The maximum Gasteiger partial charge on any atom is 1.00 e. The van der Waals surface area contributed by atoms with Crippen molar-refractivity contribution in [3.63, 3.8) is 0 Å². The molecule has 0 aliphatic carbocycles. The Morgan fingerprint density at radius 2 is 1.85 bits per heavy atom. The van der Waals surface area contributed by atoms with Gasteiger partial charge in [0.05, 0.1) is 0 Å². The number of nitrogens with two attached hydrogens (primary N) is 1. The second kappa shape index (κ2) is 14.0. The molecule has 0 amide bonds. The monoisotopic (exact) mass is 577 g/mol. The summed E-state index contributed by atoms with van der Waals surface area (Å²) in [7, 11) is 1.28. The molecule has 3 rings (SSSR count). The fourth-order valence-corrected chi connectivity index (χ4v) is 3.96. The number of carbonyl (C=O) groups is 1. The predicted octanol–water partition coefficient (Wildman–Crippen LogP) is -0.817. The first-order valence-electron chi connectivity index (χ1n) is 9.79. The van der Waals surface area contributed by atoms with Crippen molar-refractivity contribution < 1.29 is 54.3 Å². The number of methoxy groups -OCH3 is 1. The summed E-state index contributed by atoms with van der Waals surface area (Å²) in [5, 5.41) is 10.0. The molecule has 34 heavy (non-hydrogen) atoms. The third-order valence-electron chi connectivity index (χ3n) is 4.44. The van der Waals surface area contributed by atoms with Crippen LogP contribution in [0.3, 0.4) is 0 Å². The molecule has 0 radical (unpaired) electrons. The molecular formula is C26H20ClILiN2O3-3. The van der Waals surface area contributed by atoms with E-state index in [9.17, 15) is 10.2 Å². The molecule has 0 bridgehead atoms. The zero-order valence-electron chi connectivity index (χ0n) is 18.7. The van der Waals surface area contributed by atoms with E-state index in [0.29, 0.717) is 16.1 Å². The molecule has 0 atom stereocenters. The Kier molecular flexibility index (Phi) is 11.4. The fraction of sp³-hybridized carbons (Fsp3) is 0.0769. The van der Waals surface area contributed by atoms with Crippen molar-refractivity contribution in [1.29, 1.82) is 0 Å². The van der Waals surface area contributed by atoms with E-state index < -0.39 is 27.2 Å². The molecule has 8 heteroatoms. The molecule has 2 N–H and O–H groups in total. The molecule has 0 heterocycles. The van der Waals surface area contributed by atoms with Gasteiger partial charge in [-0.3, -0.25) is 0 Å². The molecule has 3 aromatic rings. The summed E-state index contributed by atoms with van der Waals surface area (Å²) in [6, 6.07) is 22.6. The fourth-order valence-electron chi connectivity index (χ4n) is 2.99. The first kappa shape index (κ1) is 27.7. The summed E-state index contributed by atoms with van der Waals surface area (Å²) in [5.41, 5.74) is 9.30. The van der Waals surface area contributed by atoms with Gasteiger partial charge >= 0.3 is 228 Å². The third-order valence-corrected chi connectivity index (χ3v) is 5.93. The maximum atomic E-state index is 12.1. The number of carbonyl (C=O) groups excluding carboxylic acids is 1. The number of rotatable bonds is 9. The van der Waals surface area contributed by atoms with Gasteiger partial charge in [0.25, 0.3) is 0 Å². The Hall–Kier alpha value is -2.50. The zero-order valence-corrected chi connectivity index (χ0v) is 21.6. The first-order chi connectivity index (χ1) is 16.0. The average Bonchev–Trinajstić information content (AvgIpc) is 2.82. The van der Waals surface area contributed by atoms with E-state index in [1.165, 1.54) is 7.11 Å². The molecule has 170 valence electrons. The van der Waals surface area contributed by atoms with Crippen LogP contribution >= 0.6 is 11.6 Å². The summed E-state index contributed by atoms with van der Waals surface area (Å²) < 4.78 is 12.4. The quantitative estimate of drug-likeness (QED) is 0.0415. The zero-order chi connectivity index (χ0) is 23.6. The maximum absolute atomic E-state index is 12.1. The predicted molar refractivity (Wildman–Crippen MR) is 126 cm³/mol. The van der Waals surface area contributed by atoms with Crippen molar-refractivity contribution in [3.05, 3.63) is 116 Å². The van der Waals surface area contributed by atoms with Crippen molar-refractivity contribution in [1.82, 2.24) is 0 Å². The second-order valence-electron chi connectivity index (χ2n) is 6.64. The first-order valence-corrected chi connectivity index (χ1v) is 12.5. The Morgan fingerprint density at radius 3 is 2.53 bits per heavy atom. The normalized spacial score (nSPS) is 11.2. The smallest absolute Gasteiger partial charge is 1.00 e.